The van der Waals surface area contributed by atoms with Gasteiger partial charge in [0, 0.05) is 47.7 Å². The number of amides is 1. The third kappa shape index (κ3) is 3.88. The SMILES string of the molecule is C[C@@]1(c2ccn(C(F)F)n2)C[C@@H](C(=O)Nc2ccc(-c3ncccn3)c(Cl)c2)c2cnc3cc(F)nn3c21. The van der Waals surface area contributed by atoms with E-state index in [1.807, 2.05) is 0 Å². The van der Waals surface area contributed by atoms with Gasteiger partial charge in [0.15, 0.2) is 11.5 Å². The van der Waals surface area contributed by atoms with Gasteiger partial charge in [0.1, 0.15) is 0 Å². The van der Waals surface area contributed by atoms with Gasteiger partial charge in [-0.2, -0.15) is 18.3 Å². The zero-order valence-electron chi connectivity index (χ0n) is 19.7. The third-order valence-corrected chi connectivity index (χ3v) is 7.04. The molecule has 1 amide bonds. The van der Waals surface area contributed by atoms with Gasteiger partial charge in [0.25, 0.3) is 0 Å². The smallest absolute Gasteiger partial charge is 0.326 e. The Bertz CT molecular complexity index is 1690. The first kappa shape index (κ1) is 24.0. The molecule has 1 aromatic carbocycles. The van der Waals surface area contributed by atoms with E-state index >= 15 is 0 Å². The summed E-state index contributed by atoms with van der Waals surface area (Å²) in [5.41, 5.74) is 1.49. The van der Waals surface area contributed by atoms with Gasteiger partial charge in [-0.25, -0.2) is 24.1 Å². The molecule has 6 rings (SSSR count). The minimum absolute atomic E-state index is 0.167. The predicted octanol–water partition coefficient (Wildman–Crippen LogP) is 5.00. The second-order valence-corrected chi connectivity index (χ2v) is 9.51. The Balaban J connectivity index is 1.37. The number of anilines is 1. The lowest BCUT2D eigenvalue weighted by Gasteiger charge is -2.23. The first-order chi connectivity index (χ1) is 18.2. The molecule has 0 unspecified atom stereocenters. The topological polar surface area (TPSA) is 103 Å². The quantitative estimate of drug-likeness (QED) is 0.338. The van der Waals surface area contributed by atoms with Crippen LogP contribution in [0.4, 0.5) is 18.9 Å². The number of alkyl halides is 2. The van der Waals surface area contributed by atoms with Gasteiger partial charge in [-0.05, 0) is 43.7 Å². The molecule has 13 heteroatoms. The Labute approximate surface area is 218 Å². The molecule has 4 heterocycles. The number of halogens is 4. The maximum atomic E-state index is 14.1. The minimum Gasteiger partial charge on any atom is -0.326 e. The highest BCUT2D eigenvalue weighted by Gasteiger charge is 2.48. The Morgan fingerprint density at radius 1 is 1.16 bits per heavy atom. The Hall–Kier alpha value is -4.32. The van der Waals surface area contributed by atoms with Crippen LogP contribution in [-0.2, 0) is 10.2 Å². The van der Waals surface area contributed by atoms with Crippen LogP contribution in [0.15, 0.2) is 61.2 Å². The van der Waals surface area contributed by atoms with Crippen LogP contribution < -0.4 is 5.32 Å². The van der Waals surface area contributed by atoms with Gasteiger partial charge in [-0.15, -0.1) is 5.10 Å². The van der Waals surface area contributed by atoms with E-state index in [1.54, 1.807) is 43.6 Å². The normalized spacial score (nSPS) is 18.7. The van der Waals surface area contributed by atoms with Crippen LogP contribution in [0.5, 0.6) is 0 Å². The van der Waals surface area contributed by atoms with Crippen LogP contribution >= 0.6 is 11.6 Å². The van der Waals surface area contributed by atoms with E-state index in [4.69, 9.17) is 11.6 Å². The molecular formula is C25H18ClF3N8O. The standard InChI is InChI=1S/C25H18ClF3N8O/c1-25(18-5-8-36(34-18)24(28)29)11-15(16-12-32-20-10-19(27)35-37(20)21(16)25)23(38)33-13-3-4-14(17(26)9-13)22-30-6-2-7-31-22/h2-10,12,15,24H,11H2,1H3,(H,33,38)/t15-,25+/m1/s1. The van der Waals surface area contributed by atoms with E-state index in [-0.39, 0.29) is 18.0 Å². The zero-order chi connectivity index (χ0) is 26.6. The fourth-order valence-corrected chi connectivity index (χ4v) is 5.25. The molecule has 0 bridgehead atoms. The Morgan fingerprint density at radius 3 is 2.66 bits per heavy atom. The molecule has 0 spiro atoms. The van der Waals surface area contributed by atoms with Crippen LogP contribution in [0.2, 0.25) is 5.02 Å². The molecule has 5 aromatic rings. The second-order valence-electron chi connectivity index (χ2n) is 9.10. The maximum absolute atomic E-state index is 14.1. The van der Waals surface area contributed by atoms with Crippen molar-refractivity contribution < 1.29 is 18.0 Å². The lowest BCUT2D eigenvalue weighted by atomic mass is 9.82. The lowest BCUT2D eigenvalue weighted by molar-refractivity contribution is -0.117. The average molecular weight is 539 g/mol. The van der Waals surface area contributed by atoms with Crippen molar-refractivity contribution in [2.45, 2.75) is 31.2 Å². The van der Waals surface area contributed by atoms with Crippen LogP contribution in [0.25, 0.3) is 17.0 Å². The number of aromatic nitrogens is 7. The van der Waals surface area contributed by atoms with Crippen molar-refractivity contribution >= 4 is 28.8 Å². The average Bonchev–Trinajstić information content (AvgIpc) is 3.60. The summed E-state index contributed by atoms with van der Waals surface area (Å²) < 4.78 is 42.5. The van der Waals surface area contributed by atoms with Gasteiger partial charge >= 0.3 is 6.55 Å². The lowest BCUT2D eigenvalue weighted by Crippen LogP contribution is -2.26. The monoisotopic (exact) mass is 538 g/mol. The molecule has 38 heavy (non-hydrogen) atoms. The van der Waals surface area contributed by atoms with Crippen molar-refractivity contribution in [3.05, 3.63) is 89.1 Å². The molecule has 0 radical (unpaired) electrons. The summed E-state index contributed by atoms with van der Waals surface area (Å²) in [4.78, 5) is 26.2. The molecule has 0 saturated heterocycles. The number of fused-ring (bicyclic) bond motifs is 3. The predicted molar refractivity (Wildman–Crippen MR) is 131 cm³/mol. The fraction of sp³-hybridized carbons (Fsp3) is 0.200. The summed E-state index contributed by atoms with van der Waals surface area (Å²) in [5, 5.41) is 11.2. The number of hydrogen-bond donors (Lipinski definition) is 1. The highest BCUT2D eigenvalue weighted by molar-refractivity contribution is 6.33. The zero-order valence-corrected chi connectivity index (χ0v) is 20.4. The van der Waals surface area contributed by atoms with Crippen molar-refractivity contribution in [3.8, 4) is 11.4 Å². The molecule has 1 aliphatic rings. The summed E-state index contributed by atoms with van der Waals surface area (Å²) >= 11 is 6.45. The van der Waals surface area contributed by atoms with Crippen LogP contribution in [-0.4, -0.2) is 40.3 Å². The highest BCUT2D eigenvalue weighted by atomic mass is 35.5. The molecular weight excluding hydrogens is 521 g/mol. The van der Waals surface area contributed by atoms with Crippen LogP contribution in [0.3, 0.4) is 0 Å². The first-order valence-corrected chi connectivity index (χ1v) is 11.9. The van der Waals surface area contributed by atoms with Gasteiger partial charge in [-0.3, -0.25) is 4.79 Å². The number of carbonyl (C=O) groups is 1. The van der Waals surface area contributed by atoms with Gasteiger partial charge in [0.05, 0.1) is 27.7 Å². The van der Waals surface area contributed by atoms with Gasteiger partial charge < -0.3 is 5.32 Å². The number of nitrogens with zero attached hydrogens (tertiary/aromatic N) is 7. The first-order valence-electron chi connectivity index (χ1n) is 11.5. The fourth-order valence-electron chi connectivity index (χ4n) is 4.98. The summed E-state index contributed by atoms with van der Waals surface area (Å²) in [6.07, 6.45) is 6.03. The van der Waals surface area contributed by atoms with Crippen molar-refractivity contribution in [2.75, 3.05) is 5.32 Å². The molecule has 192 valence electrons. The minimum atomic E-state index is -2.83. The Morgan fingerprint density at radius 2 is 1.95 bits per heavy atom. The van der Waals surface area contributed by atoms with Crippen molar-refractivity contribution in [3.63, 3.8) is 0 Å². The number of rotatable bonds is 5. The van der Waals surface area contributed by atoms with Crippen LogP contribution in [0.1, 0.15) is 42.8 Å². The van der Waals surface area contributed by atoms with Gasteiger partial charge in [0.2, 0.25) is 11.9 Å². The highest BCUT2D eigenvalue weighted by Crippen LogP contribution is 2.49. The molecule has 0 aliphatic heterocycles. The van der Waals surface area contributed by atoms with Crippen LogP contribution in [0, 0.1) is 5.95 Å². The summed E-state index contributed by atoms with van der Waals surface area (Å²) in [5.74, 6) is -1.44. The molecule has 0 saturated carbocycles. The molecule has 1 aliphatic carbocycles. The van der Waals surface area contributed by atoms with E-state index in [1.165, 1.54) is 23.0 Å². The molecule has 0 fully saturated rings. The van der Waals surface area contributed by atoms with Crippen molar-refractivity contribution in [2.24, 2.45) is 0 Å². The van der Waals surface area contributed by atoms with Crippen molar-refractivity contribution in [1.29, 1.82) is 0 Å². The summed E-state index contributed by atoms with van der Waals surface area (Å²) in [7, 11) is 0. The number of nitrogens with one attached hydrogen (secondary N) is 1. The number of carbonyl (C=O) groups excluding carboxylic acids is 1. The summed E-state index contributed by atoms with van der Waals surface area (Å²) in [6, 6.07) is 9.29. The van der Waals surface area contributed by atoms with Crippen molar-refractivity contribution in [1.82, 2.24) is 34.3 Å². The largest absolute Gasteiger partial charge is 0.333 e. The van der Waals surface area contributed by atoms with Gasteiger partial charge in [-0.1, -0.05) is 11.6 Å². The Kier molecular flexibility index (Phi) is 5.64. The van der Waals surface area contributed by atoms with E-state index in [0.29, 0.717) is 43.7 Å². The number of benzene rings is 1. The van der Waals surface area contributed by atoms with E-state index in [2.05, 4.69) is 30.5 Å². The molecule has 9 nitrogen and oxygen atoms in total. The van der Waals surface area contributed by atoms with E-state index in [0.717, 1.165) is 6.07 Å². The third-order valence-electron chi connectivity index (χ3n) is 6.73. The second kappa shape index (κ2) is 8.91. The van der Waals surface area contributed by atoms with E-state index < -0.39 is 23.8 Å². The van der Waals surface area contributed by atoms with E-state index in [9.17, 15) is 18.0 Å². The molecule has 1 N–H and O–H groups in total. The molecule has 2 atom stereocenters. The number of hydrogen-bond acceptors (Lipinski definition) is 6. The maximum Gasteiger partial charge on any atom is 0.333 e. The molecule has 4 aromatic heterocycles. The summed E-state index contributed by atoms with van der Waals surface area (Å²) in [6.45, 7) is -1.07.